The minimum atomic E-state index is -1.39. The van der Waals surface area contributed by atoms with Gasteiger partial charge in [0.25, 0.3) is 0 Å². The molecule has 1 aromatic heterocycles. The van der Waals surface area contributed by atoms with Crippen molar-refractivity contribution in [2.45, 2.75) is 12.8 Å². The average molecular weight is 294 g/mol. The molecule has 0 saturated carbocycles. The molecule has 0 aliphatic heterocycles. The first kappa shape index (κ1) is 14.1. The van der Waals surface area contributed by atoms with E-state index in [0.717, 1.165) is 5.56 Å². The van der Waals surface area contributed by atoms with Crippen molar-refractivity contribution in [3.8, 4) is 10.6 Å². The van der Waals surface area contributed by atoms with Crippen molar-refractivity contribution in [3.05, 3.63) is 41.2 Å². The van der Waals surface area contributed by atoms with E-state index < -0.39 is 17.9 Å². The Morgan fingerprint density at radius 2 is 2.00 bits per heavy atom. The van der Waals surface area contributed by atoms with Crippen molar-refractivity contribution in [3.63, 3.8) is 0 Å². The van der Waals surface area contributed by atoms with Crippen LogP contribution in [0.15, 0.2) is 29.6 Å². The molecule has 0 aliphatic rings. The number of imide groups is 1. The highest BCUT2D eigenvalue weighted by Gasteiger charge is 2.20. The maximum atomic E-state index is 12.8. The standard InChI is InChI=1S/C13H11FN2O3S/c1-7(11(17)16-13(18)19)10-6-20-12(15-10)8-2-4-9(14)5-3-8/h2-7H,1H3,(H,16,17)(H,18,19). The predicted molar refractivity (Wildman–Crippen MR) is 72.1 cm³/mol. The molecular weight excluding hydrogens is 283 g/mol. The summed E-state index contributed by atoms with van der Waals surface area (Å²) in [7, 11) is 0. The minimum absolute atomic E-state index is 0.334. The number of rotatable bonds is 3. The quantitative estimate of drug-likeness (QED) is 0.912. The molecule has 5 nitrogen and oxygen atoms in total. The molecular formula is C13H11FN2O3S. The number of carboxylic acid groups (broad SMARTS) is 1. The first-order valence-electron chi connectivity index (χ1n) is 5.72. The fraction of sp³-hybridized carbons (Fsp3) is 0.154. The average Bonchev–Trinajstić information content (AvgIpc) is 2.87. The summed E-state index contributed by atoms with van der Waals surface area (Å²) in [4.78, 5) is 26.3. The highest BCUT2D eigenvalue weighted by molar-refractivity contribution is 7.13. The maximum absolute atomic E-state index is 12.8. The zero-order chi connectivity index (χ0) is 14.7. The lowest BCUT2D eigenvalue weighted by molar-refractivity contribution is -0.121. The number of thiazole rings is 1. The van der Waals surface area contributed by atoms with Crippen LogP contribution < -0.4 is 5.32 Å². The molecule has 2 N–H and O–H groups in total. The highest BCUT2D eigenvalue weighted by Crippen LogP contribution is 2.27. The lowest BCUT2D eigenvalue weighted by Gasteiger charge is -2.06. The summed E-state index contributed by atoms with van der Waals surface area (Å²) in [5.74, 6) is -1.63. The fourth-order valence-electron chi connectivity index (χ4n) is 1.56. The van der Waals surface area contributed by atoms with Crippen molar-refractivity contribution < 1.29 is 19.1 Å². The number of aromatic nitrogens is 1. The second-order valence-corrected chi connectivity index (χ2v) is 4.96. The van der Waals surface area contributed by atoms with Gasteiger partial charge in [0, 0.05) is 10.9 Å². The molecule has 0 radical (unpaired) electrons. The summed E-state index contributed by atoms with van der Waals surface area (Å²) in [6, 6.07) is 5.85. The molecule has 0 saturated heterocycles. The lowest BCUT2D eigenvalue weighted by atomic mass is 10.1. The van der Waals surface area contributed by atoms with Gasteiger partial charge in [0.15, 0.2) is 0 Å². The molecule has 104 valence electrons. The van der Waals surface area contributed by atoms with Gasteiger partial charge >= 0.3 is 6.09 Å². The monoisotopic (exact) mass is 294 g/mol. The first-order chi connectivity index (χ1) is 9.47. The molecule has 20 heavy (non-hydrogen) atoms. The molecule has 1 heterocycles. The third-order valence-corrected chi connectivity index (χ3v) is 3.59. The number of amides is 2. The Bertz CT molecular complexity index is 639. The van der Waals surface area contributed by atoms with E-state index in [-0.39, 0.29) is 5.82 Å². The van der Waals surface area contributed by atoms with Crippen molar-refractivity contribution >= 4 is 23.3 Å². The number of hydrogen-bond acceptors (Lipinski definition) is 4. The number of halogens is 1. The first-order valence-corrected chi connectivity index (χ1v) is 6.60. The van der Waals surface area contributed by atoms with Crippen LogP contribution in [0.2, 0.25) is 0 Å². The molecule has 7 heteroatoms. The van der Waals surface area contributed by atoms with Crippen LogP contribution in [0.3, 0.4) is 0 Å². The Morgan fingerprint density at radius 1 is 1.35 bits per heavy atom. The summed E-state index contributed by atoms with van der Waals surface area (Å²) in [5, 5.41) is 12.6. The van der Waals surface area contributed by atoms with Crippen LogP contribution in [0.1, 0.15) is 18.5 Å². The molecule has 0 bridgehead atoms. The molecule has 2 amide bonds. The normalized spacial score (nSPS) is 11.9. The van der Waals surface area contributed by atoms with Gasteiger partial charge in [0.05, 0.1) is 11.6 Å². The van der Waals surface area contributed by atoms with Gasteiger partial charge in [-0.1, -0.05) is 0 Å². The number of carbonyl (C=O) groups is 2. The molecule has 0 aliphatic carbocycles. The third kappa shape index (κ3) is 3.18. The van der Waals surface area contributed by atoms with Crippen LogP contribution in [0.5, 0.6) is 0 Å². The second kappa shape index (κ2) is 5.79. The summed E-state index contributed by atoms with van der Waals surface area (Å²) in [5.41, 5.74) is 1.22. The van der Waals surface area contributed by atoms with Gasteiger partial charge in [-0.15, -0.1) is 11.3 Å². The van der Waals surface area contributed by atoms with Gasteiger partial charge in [0.2, 0.25) is 5.91 Å². The smallest absolute Gasteiger partial charge is 0.411 e. The van der Waals surface area contributed by atoms with E-state index in [4.69, 9.17) is 5.11 Å². The molecule has 1 aromatic carbocycles. The minimum Gasteiger partial charge on any atom is -0.465 e. The largest absolute Gasteiger partial charge is 0.465 e. The van der Waals surface area contributed by atoms with Crippen LogP contribution in [0.25, 0.3) is 10.6 Å². The van der Waals surface area contributed by atoms with Crippen LogP contribution >= 0.6 is 11.3 Å². The summed E-state index contributed by atoms with van der Waals surface area (Å²) < 4.78 is 12.8. The van der Waals surface area contributed by atoms with E-state index in [2.05, 4.69) is 4.98 Å². The number of hydrogen-bond donors (Lipinski definition) is 2. The summed E-state index contributed by atoms with van der Waals surface area (Å²) in [6.45, 7) is 1.57. The van der Waals surface area contributed by atoms with Gasteiger partial charge in [-0.3, -0.25) is 10.1 Å². The zero-order valence-corrected chi connectivity index (χ0v) is 11.3. The van der Waals surface area contributed by atoms with Crippen molar-refractivity contribution in [1.29, 1.82) is 0 Å². The van der Waals surface area contributed by atoms with Crippen LogP contribution in [-0.2, 0) is 4.79 Å². The molecule has 1 atom stereocenters. The number of benzene rings is 1. The maximum Gasteiger partial charge on any atom is 0.411 e. The molecule has 2 rings (SSSR count). The van der Waals surface area contributed by atoms with Crippen LogP contribution in [-0.4, -0.2) is 22.1 Å². The molecule has 0 fully saturated rings. The van der Waals surface area contributed by atoms with E-state index in [1.807, 2.05) is 0 Å². The summed E-state index contributed by atoms with van der Waals surface area (Å²) >= 11 is 1.31. The third-order valence-electron chi connectivity index (χ3n) is 2.68. The Kier molecular flexibility index (Phi) is 4.09. The Labute approximate surface area is 118 Å². The van der Waals surface area contributed by atoms with Gasteiger partial charge in [-0.05, 0) is 31.2 Å². The topological polar surface area (TPSA) is 79.3 Å². The lowest BCUT2D eigenvalue weighted by Crippen LogP contribution is -2.32. The fourth-order valence-corrected chi connectivity index (χ4v) is 2.48. The summed E-state index contributed by atoms with van der Waals surface area (Å²) in [6.07, 6.45) is -1.39. The van der Waals surface area contributed by atoms with E-state index in [1.54, 1.807) is 29.8 Å². The van der Waals surface area contributed by atoms with Crippen LogP contribution in [0.4, 0.5) is 9.18 Å². The Hall–Kier alpha value is -2.28. The van der Waals surface area contributed by atoms with E-state index in [1.165, 1.54) is 23.5 Å². The van der Waals surface area contributed by atoms with Gasteiger partial charge in [-0.2, -0.15) is 0 Å². The highest BCUT2D eigenvalue weighted by atomic mass is 32.1. The number of nitrogens with one attached hydrogen (secondary N) is 1. The van der Waals surface area contributed by atoms with Crippen LogP contribution in [0, 0.1) is 5.82 Å². The van der Waals surface area contributed by atoms with Gasteiger partial charge in [0.1, 0.15) is 10.8 Å². The van der Waals surface area contributed by atoms with E-state index >= 15 is 0 Å². The Morgan fingerprint density at radius 3 is 2.60 bits per heavy atom. The van der Waals surface area contributed by atoms with Crippen molar-refractivity contribution in [2.24, 2.45) is 0 Å². The SMILES string of the molecule is CC(C(=O)NC(=O)O)c1csc(-c2ccc(F)cc2)n1. The van der Waals surface area contributed by atoms with E-state index in [0.29, 0.717) is 10.7 Å². The van der Waals surface area contributed by atoms with Crippen molar-refractivity contribution in [2.75, 3.05) is 0 Å². The van der Waals surface area contributed by atoms with E-state index in [9.17, 15) is 14.0 Å². The second-order valence-electron chi connectivity index (χ2n) is 4.10. The zero-order valence-electron chi connectivity index (χ0n) is 10.5. The van der Waals surface area contributed by atoms with Gasteiger partial charge in [-0.25, -0.2) is 14.2 Å². The number of carbonyl (C=O) groups excluding carboxylic acids is 1. The molecule has 1 unspecified atom stereocenters. The molecule has 0 spiro atoms. The molecule has 2 aromatic rings. The van der Waals surface area contributed by atoms with Crippen molar-refractivity contribution in [1.82, 2.24) is 10.3 Å². The number of nitrogens with zero attached hydrogens (tertiary/aromatic N) is 1. The predicted octanol–water partition coefficient (Wildman–Crippen LogP) is 2.85. The Balaban J connectivity index is 2.18. The van der Waals surface area contributed by atoms with Gasteiger partial charge < -0.3 is 5.11 Å².